The summed E-state index contributed by atoms with van der Waals surface area (Å²) in [4.78, 5) is 42.7. The summed E-state index contributed by atoms with van der Waals surface area (Å²) in [6.07, 6.45) is -9.12. The Morgan fingerprint density at radius 1 is 0.947 bits per heavy atom. The van der Waals surface area contributed by atoms with Crippen LogP contribution in [0.25, 0.3) is 0 Å². The summed E-state index contributed by atoms with van der Waals surface area (Å²) in [5, 5.41) is 5.46. The molecule has 0 saturated carbocycles. The van der Waals surface area contributed by atoms with Crippen molar-refractivity contribution in [3.05, 3.63) is 70.5 Å². The number of rotatable bonds is 7. The van der Waals surface area contributed by atoms with Crippen molar-refractivity contribution in [1.29, 1.82) is 0 Å². The van der Waals surface area contributed by atoms with Crippen LogP contribution in [0.3, 0.4) is 0 Å². The van der Waals surface area contributed by atoms with Crippen molar-refractivity contribution in [1.82, 2.24) is 15.3 Å². The Morgan fingerprint density at radius 2 is 1.66 bits per heavy atom. The topological polar surface area (TPSA) is 125 Å². The fraction of sp³-hybridized carbons (Fsp3) is 0.143. The Morgan fingerprint density at radius 3 is 2.29 bits per heavy atom. The zero-order valence-electron chi connectivity index (χ0n) is 18.4. The SMILES string of the molecule is O=C(Nc1ccc(NC(=O)c2nc[nH]c2C(=O)NCC(F)(F)F)cc1OC(F)(F)F)c1ccc(F)cc1Cl. The Balaban J connectivity index is 1.83. The highest BCUT2D eigenvalue weighted by molar-refractivity contribution is 6.34. The number of halogens is 8. The summed E-state index contributed by atoms with van der Waals surface area (Å²) in [6.45, 7) is -1.69. The number of nitrogens with one attached hydrogen (secondary N) is 4. The summed E-state index contributed by atoms with van der Waals surface area (Å²) >= 11 is 5.79. The van der Waals surface area contributed by atoms with Crippen molar-refractivity contribution < 1.29 is 49.9 Å². The molecule has 3 amide bonds. The summed E-state index contributed by atoms with van der Waals surface area (Å²) in [7, 11) is 0. The van der Waals surface area contributed by atoms with Gasteiger partial charge >= 0.3 is 12.5 Å². The van der Waals surface area contributed by atoms with Gasteiger partial charge in [-0.1, -0.05) is 11.6 Å². The molecule has 38 heavy (non-hydrogen) atoms. The van der Waals surface area contributed by atoms with E-state index >= 15 is 0 Å². The molecular formula is C21H13ClF7N5O4. The minimum atomic E-state index is -5.23. The van der Waals surface area contributed by atoms with Crippen LogP contribution in [0.1, 0.15) is 31.3 Å². The third-order valence-electron chi connectivity index (χ3n) is 4.42. The molecule has 0 unspecified atom stereocenters. The Hall–Kier alpha value is -4.34. The van der Waals surface area contributed by atoms with Crippen molar-refractivity contribution in [2.75, 3.05) is 17.2 Å². The van der Waals surface area contributed by atoms with Crippen LogP contribution < -0.4 is 20.7 Å². The first-order valence-electron chi connectivity index (χ1n) is 9.99. The van der Waals surface area contributed by atoms with Gasteiger partial charge in [-0.05, 0) is 30.3 Å². The Kier molecular flexibility index (Phi) is 8.14. The molecule has 17 heteroatoms. The van der Waals surface area contributed by atoms with Crippen LogP contribution in [0.2, 0.25) is 5.02 Å². The highest BCUT2D eigenvalue weighted by Gasteiger charge is 2.33. The van der Waals surface area contributed by atoms with E-state index in [1.807, 2.05) is 0 Å². The molecule has 1 heterocycles. The predicted molar refractivity (Wildman–Crippen MR) is 117 cm³/mol. The normalized spacial score (nSPS) is 11.6. The van der Waals surface area contributed by atoms with E-state index in [0.717, 1.165) is 36.7 Å². The molecule has 0 aliphatic carbocycles. The van der Waals surface area contributed by atoms with Gasteiger partial charge in [-0.15, -0.1) is 13.2 Å². The van der Waals surface area contributed by atoms with Gasteiger partial charge in [-0.25, -0.2) is 9.37 Å². The lowest BCUT2D eigenvalue weighted by molar-refractivity contribution is -0.274. The van der Waals surface area contributed by atoms with E-state index in [9.17, 15) is 45.1 Å². The number of carbonyl (C=O) groups excluding carboxylic acids is 3. The molecule has 9 nitrogen and oxygen atoms in total. The number of hydrogen-bond donors (Lipinski definition) is 4. The number of amides is 3. The second kappa shape index (κ2) is 11.0. The van der Waals surface area contributed by atoms with Crippen molar-refractivity contribution in [2.45, 2.75) is 12.5 Å². The largest absolute Gasteiger partial charge is 0.573 e. The van der Waals surface area contributed by atoms with E-state index in [4.69, 9.17) is 11.6 Å². The number of carbonyl (C=O) groups is 3. The number of hydrogen-bond acceptors (Lipinski definition) is 5. The van der Waals surface area contributed by atoms with Gasteiger partial charge in [-0.2, -0.15) is 13.2 Å². The molecule has 4 N–H and O–H groups in total. The van der Waals surface area contributed by atoms with Crippen LogP contribution in [-0.2, 0) is 0 Å². The number of alkyl halides is 6. The zero-order valence-corrected chi connectivity index (χ0v) is 19.1. The number of aromatic nitrogens is 2. The molecule has 0 radical (unpaired) electrons. The van der Waals surface area contributed by atoms with E-state index in [0.29, 0.717) is 6.07 Å². The smallest absolute Gasteiger partial charge is 0.403 e. The molecular weight excluding hydrogens is 555 g/mol. The second-order valence-corrected chi connectivity index (χ2v) is 7.62. The van der Waals surface area contributed by atoms with Gasteiger partial charge in [0.25, 0.3) is 17.7 Å². The Labute approximate surface area is 212 Å². The lowest BCUT2D eigenvalue weighted by atomic mass is 10.2. The van der Waals surface area contributed by atoms with Crippen LogP contribution in [0.4, 0.5) is 42.1 Å². The average molecular weight is 568 g/mol. The zero-order chi connectivity index (χ0) is 28.3. The third-order valence-corrected chi connectivity index (χ3v) is 4.73. The maximum atomic E-state index is 13.2. The van der Waals surface area contributed by atoms with Crippen molar-refractivity contribution in [3.63, 3.8) is 0 Å². The minimum Gasteiger partial charge on any atom is -0.403 e. The summed E-state index contributed by atoms with van der Waals surface area (Å²) in [5.41, 5.74) is -2.42. The van der Waals surface area contributed by atoms with Gasteiger partial charge in [0.1, 0.15) is 18.1 Å². The van der Waals surface area contributed by atoms with E-state index in [1.54, 1.807) is 0 Å². The first-order valence-corrected chi connectivity index (χ1v) is 10.4. The number of imidazole rings is 1. The van der Waals surface area contributed by atoms with Gasteiger partial charge in [0.15, 0.2) is 11.4 Å². The molecule has 0 aliphatic rings. The number of aromatic amines is 1. The lowest BCUT2D eigenvalue weighted by Crippen LogP contribution is -2.35. The predicted octanol–water partition coefficient (Wildman–Crippen LogP) is 4.90. The van der Waals surface area contributed by atoms with Crippen molar-refractivity contribution >= 4 is 40.7 Å². The summed E-state index contributed by atoms with van der Waals surface area (Å²) < 4.78 is 93.1. The minimum absolute atomic E-state index is 0.265. The van der Waals surface area contributed by atoms with Gasteiger partial charge in [-0.3, -0.25) is 14.4 Å². The second-order valence-electron chi connectivity index (χ2n) is 7.22. The highest BCUT2D eigenvalue weighted by atomic mass is 35.5. The monoisotopic (exact) mass is 567 g/mol. The molecule has 0 aliphatic heterocycles. The van der Waals surface area contributed by atoms with Gasteiger partial charge in [0.2, 0.25) is 0 Å². The van der Waals surface area contributed by atoms with Crippen LogP contribution in [0.15, 0.2) is 42.7 Å². The van der Waals surface area contributed by atoms with Crippen LogP contribution in [0, 0.1) is 5.82 Å². The molecule has 2 aromatic carbocycles. The maximum Gasteiger partial charge on any atom is 0.573 e. The molecule has 3 rings (SSSR count). The maximum absolute atomic E-state index is 13.2. The first-order chi connectivity index (χ1) is 17.6. The van der Waals surface area contributed by atoms with Crippen LogP contribution in [0.5, 0.6) is 5.75 Å². The van der Waals surface area contributed by atoms with Crippen molar-refractivity contribution in [3.8, 4) is 5.75 Å². The highest BCUT2D eigenvalue weighted by Crippen LogP contribution is 2.34. The molecule has 0 atom stereocenters. The molecule has 0 saturated heterocycles. The van der Waals surface area contributed by atoms with E-state index in [2.05, 4.69) is 25.3 Å². The first kappa shape index (κ1) is 28.2. The quantitative estimate of drug-likeness (QED) is 0.302. The van der Waals surface area contributed by atoms with E-state index in [1.165, 1.54) is 5.32 Å². The van der Waals surface area contributed by atoms with Crippen molar-refractivity contribution in [2.24, 2.45) is 0 Å². The third kappa shape index (κ3) is 7.58. The fourth-order valence-electron chi connectivity index (χ4n) is 2.87. The molecule has 3 aromatic rings. The standard InChI is InChI=1S/C21H13ClF7N5O4/c22-12-5-9(23)1-3-11(12)17(35)34-13-4-2-10(6-14(13)38-21(27,28)29)33-19(37)16-15(31-8-32-16)18(36)30-7-20(24,25)26/h1-6,8H,7H2,(H,30,36)(H,31,32)(H,33,37)(H,34,35). The average Bonchev–Trinajstić information content (AvgIpc) is 3.28. The lowest BCUT2D eigenvalue weighted by Gasteiger charge is -2.16. The Bertz CT molecular complexity index is 1370. The summed E-state index contributed by atoms with van der Waals surface area (Å²) in [6, 6.07) is 5.35. The van der Waals surface area contributed by atoms with E-state index in [-0.39, 0.29) is 16.3 Å². The fourth-order valence-corrected chi connectivity index (χ4v) is 3.13. The number of anilines is 2. The van der Waals surface area contributed by atoms with Gasteiger partial charge in [0.05, 0.1) is 22.6 Å². The number of ether oxygens (including phenoxy) is 1. The number of H-pyrrole nitrogens is 1. The van der Waals surface area contributed by atoms with Crippen LogP contribution >= 0.6 is 11.6 Å². The molecule has 1 aromatic heterocycles. The van der Waals surface area contributed by atoms with Gasteiger partial charge < -0.3 is 25.7 Å². The van der Waals surface area contributed by atoms with E-state index < -0.39 is 65.4 Å². The molecule has 202 valence electrons. The molecule has 0 fully saturated rings. The number of nitrogens with zero attached hydrogens (tertiary/aromatic N) is 1. The molecule has 0 spiro atoms. The number of benzene rings is 2. The van der Waals surface area contributed by atoms with Gasteiger partial charge in [0, 0.05) is 11.8 Å². The summed E-state index contributed by atoms with van der Waals surface area (Å²) in [5.74, 6) is -5.23. The van der Waals surface area contributed by atoms with Crippen LogP contribution in [-0.4, -0.2) is 46.8 Å². The molecule has 0 bridgehead atoms.